The number of ether oxygens (including phenoxy) is 1. The minimum atomic E-state index is -0.336. The summed E-state index contributed by atoms with van der Waals surface area (Å²) >= 11 is 0. The SMILES string of the molecule is COC1CN(c2ccc(C(C)=O)cc2F)CCC1C. The molecule has 1 fully saturated rings. The first kappa shape index (κ1) is 14.0. The molecule has 1 aromatic carbocycles. The second-order valence-corrected chi connectivity index (χ2v) is 5.21. The van der Waals surface area contributed by atoms with Crippen LogP contribution in [0.4, 0.5) is 10.1 Å². The van der Waals surface area contributed by atoms with Gasteiger partial charge in [-0.2, -0.15) is 0 Å². The summed E-state index contributed by atoms with van der Waals surface area (Å²) in [5.41, 5.74) is 0.967. The predicted octanol–water partition coefficient (Wildman–Crippen LogP) is 2.89. The lowest BCUT2D eigenvalue weighted by Crippen LogP contribution is -2.44. The molecule has 2 rings (SSSR count). The van der Waals surface area contributed by atoms with Crippen molar-refractivity contribution in [2.24, 2.45) is 5.92 Å². The third-order valence-corrected chi connectivity index (χ3v) is 3.89. The van der Waals surface area contributed by atoms with Crippen molar-refractivity contribution in [2.45, 2.75) is 26.4 Å². The van der Waals surface area contributed by atoms with Crippen LogP contribution in [0.15, 0.2) is 18.2 Å². The first-order chi connectivity index (χ1) is 9.02. The zero-order valence-corrected chi connectivity index (χ0v) is 11.6. The number of carbonyl (C=O) groups excluding carboxylic acids is 1. The van der Waals surface area contributed by atoms with E-state index in [-0.39, 0.29) is 17.7 Å². The minimum Gasteiger partial charge on any atom is -0.379 e. The van der Waals surface area contributed by atoms with Gasteiger partial charge >= 0.3 is 0 Å². The molecule has 0 amide bonds. The van der Waals surface area contributed by atoms with Crippen LogP contribution in [0.25, 0.3) is 0 Å². The Balaban J connectivity index is 2.20. The van der Waals surface area contributed by atoms with Gasteiger partial charge in [-0.3, -0.25) is 4.79 Å². The van der Waals surface area contributed by atoms with Crippen LogP contribution in [0.5, 0.6) is 0 Å². The van der Waals surface area contributed by atoms with Crippen molar-refractivity contribution in [3.05, 3.63) is 29.6 Å². The van der Waals surface area contributed by atoms with E-state index in [0.717, 1.165) is 13.0 Å². The van der Waals surface area contributed by atoms with Crippen molar-refractivity contribution in [2.75, 3.05) is 25.1 Å². The van der Waals surface area contributed by atoms with Crippen LogP contribution in [0.1, 0.15) is 30.6 Å². The molecule has 1 aliphatic rings. The summed E-state index contributed by atoms with van der Waals surface area (Å²) in [7, 11) is 1.69. The summed E-state index contributed by atoms with van der Waals surface area (Å²) in [6.45, 7) is 5.10. The van der Waals surface area contributed by atoms with E-state index in [1.807, 2.05) is 4.90 Å². The number of rotatable bonds is 3. The van der Waals surface area contributed by atoms with Crippen molar-refractivity contribution >= 4 is 11.5 Å². The topological polar surface area (TPSA) is 29.5 Å². The number of anilines is 1. The third-order valence-electron chi connectivity index (χ3n) is 3.89. The minimum absolute atomic E-state index is 0.118. The number of nitrogens with zero attached hydrogens (tertiary/aromatic N) is 1. The smallest absolute Gasteiger partial charge is 0.159 e. The average Bonchev–Trinajstić information content (AvgIpc) is 2.39. The molecule has 0 aromatic heterocycles. The first-order valence-electron chi connectivity index (χ1n) is 6.61. The number of benzene rings is 1. The molecular weight excluding hydrogens is 245 g/mol. The van der Waals surface area contributed by atoms with Gasteiger partial charge in [-0.15, -0.1) is 0 Å². The highest BCUT2D eigenvalue weighted by atomic mass is 19.1. The molecule has 19 heavy (non-hydrogen) atoms. The van der Waals surface area contributed by atoms with E-state index in [0.29, 0.717) is 23.7 Å². The summed E-state index contributed by atoms with van der Waals surface area (Å²) in [4.78, 5) is 13.2. The van der Waals surface area contributed by atoms with Crippen molar-refractivity contribution in [1.82, 2.24) is 0 Å². The Bertz CT molecular complexity index is 475. The lowest BCUT2D eigenvalue weighted by molar-refractivity contribution is 0.0497. The van der Waals surface area contributed by atoms with E-state index in [1.165, 1.54) is 13.0 Å². The number of ketones is 1. The molecule has 4 heteroatoms. The van der Waals surface area contributed by atoms with Crippen LogP contribution in [0.3, 0.4) is 0 Å². The fourth-order valence-electron chi connectivity index (χ4n) is 2.54. The number of Topliss-reactive ketones (excluding diaryl/α,β-unsaturated/α-hetero) is 1. The van der Waals surface area contributed by atoms with Crippen LogP contribution in [-0.4, -0.2) is 32.1 Å². The van der Waals surface area contributed by atoms with Gasteiger partial charge in [-0.05, 0) is 37.5 Å². The largest absolute Gasteiger partial charge is 0.379 e. The second kappa shape index (κ2) is 5.70. The van der Waals surface area contributed by atoms with Gasteiger partial charge < -0.3 is 9.64 Å². The van der Waals surface area contributed by atoms with Gasteiger partial charge in [0.05, 0.1) is 11.8 Å². The molecule has 0 radical (unpaired) electrons. The highest BCUT2D eigenvalue weighted by Crippen LogP contribution is 2.27. The lowest BCUT2D eigenvalue weighted by Gasteiger charge is -2.37. The number of hydrogen-bond acceptors (Lipinski definition) is 3. The summed E-state index contributed by atoms with van der Waals surface area (Å²) < 4.78 is 19.5. The van der Waals surface area contributed by atoms with Gasteiger partial charge in [0, 0.05) is 25.8 Å². The Hall–Kier alpha value is -1.42. The van der Waals surface area contributed by atoms with E-state index >= 15 is 0 Å². The Morgan fingerprint density at radius 1 is 1.47 bits per heavy atom. The van der Waals surface area contributed by atoms with Crippen LogP contribution in [0.2, 0.25) is 0 Å². The maximum atomic E-state index is 14.1. The molecule has 104 valence electrons. The molecule has 1 aromatic rings. The molecule has 2 unspecified atom stereocenters. The average molecular weight is 265 g/mol. The van der Waals surface area contributed by atoms with E-state index < -0.39 is 0 Å². The summed E-state index contributed by atoms with van der Waals surface area (Å²) in [6.07, 6.45) is 1.10. The number of halogens is 1. The van der Waals surface area contributed by atoms with Crippen LogP contribution in [0, 0.1) is 11.7 Å². The molecule has 0 aliphatic carbocycles. The zero-order valence-electron chi connectivity index (χ0n) is 11.6. The van der Waals surface area contributed by atoms with Crippen LogP contribution >= 0.6 is 0 Å². The molecule has 1 saturated heterocycles. The van der Waals surface area contributed by atoms with Gasteiger partial charge in [0.15, 0.2) is 5.78 Å². The summed E-state index contributed by atoms with van der Waals surface area (Å²) in [5.74, 6) is 0.0328. The summed E-state index contributed by atoms with van der Waals surface area (Å²) in [6, 6.07) is 4.69. The van der Waals surface area contributed by atoms with Crippen molar-refractivity contribution < 1.29 is 13.9 Å². The Morgan fingerprint density at radius 2 is 2.21 bits per heavy atom. The quantitative estimate of drug-likeness (QED) is 0.787. The Kier molecular flexibility index (Phi) is 4.20. The number of methoxy groups -OCH3 is 1. The molecule has 0 spiro atoms. The lowest BCUT2D eigenvalue weighted by atomic mass is 9.95. The highest BCUT2D eigenvalue weighted by molar-refractivity contribution is 5.94. The molecule has 1 heterocycles. The number of carbonyl (C=O) groups is 1. The Labute approximate surface area is 113 Å². The van der Waals surface area contributed by atoms with E-state index in [1.54, 1.807) is 19.2 Å². The maximum Gasteiger partial charge on any atom is 0.159 e. The molecule has 0 bridgehead atoms. The first-order valence-corrected chi connectivity index (χ1v) is 6.61. The fourth-order valence-corrected chi connectivity index (χ4v) is 2.54. The van der Waals surface area contributed by atoms with Crippen molar-refractivity contribution in [3.63, 3.8) is 0 Å². The molecule has 0 N–H and O–H groups in total. The standard InChI is InChI=1S/C15H20FNO2/c1-10-6-7-17(9-15(10)19-3)14-5-4-12(11(2)18)8-13(14)16/h4-5,8,10,15H,6-7,9H2,1-3H3. The highest BCUT2D eigenvalue weighted by Gasteiger charge is 2.27. The van der Waals surface area contributed by atoms with Crippen LogP contribution < -0.4 is 4.90 Å². The Morgan fingerprint density at radius 3 is 2.79 bits per heavy atom. The third kappa shape index (κ3) is 2.95. The van der Waals surface area contributed by atoms with Crippen molar-refractivity contribution in [1.29, 1.82) is 0 Å². The second-order valence-electron chi connectivity index (χ2n) is 5.21. The van der Waals surface area contributed by atoms with Gasteiger partial charge in [-0.1, -0.05) is 6.92 Å². The van der Waals surface area contributed by atoms with Gasteiger partial charge in [-0.25, -0.2) is 4.39 Å². The van der Waals surface area contributed by atoms with E-state index in [2.05, 4.69) is 6.92 Å². The molecule has 0 saturated carbocycles. The van der Waals surface area contributed by atoms with Gasteiger partial charge in [0.25, 0.3) is 0 Å². The van der Waals surface area contributed by atoms with Gasteiger partial charge in [0.2, 0.25) is 0 Å². The molecule has 1 aliphatic heterocycles. The van der Waals surface area contributed by atoms with Crippen LogP contribution in [-0.2, 0) is 4.74 Å². The molecule has 3 nitrogen and oxygen atoms in total. The maximum absolute atomic E-state index is 14.1. The van der Waals surface area contributed by atoms with E-state index in [4.69, 9.17) is 4.74 Å². The normalized spacial score (nSPS) is 23.5. The monoisotopic (exact) mass is 265 g/mol. The van der Waals surface area contributed by atoms with Gasteiger partial charge in [0.1, 0.15) is 5.82 Å². The number of hydrogen-bond donors (Lipinski definition) is 0. The number of piperidine rings is 1. The molecular formula is C15H20FNO2. The van der Waals surface area contributed by atoms with Crippen molar-refractivity contribution in [3.8, 4) is 0 Å². The zero-order chi connectivity index (χ0) is 14.0. The summed E-state index contributed by atoms with van der Waals surface area (Å²) in [5, 5.41) is 0. The van der Waals surface area contributed by atoms with E-state index in [9.17, 15) is 9.18 Å². The molecule has 2 atom stereocenters. The fraction of sp³-hybridized carbons (Fsp3) is 0.533. The predicted molar refractivity (Wildman–Crippen MR) is 73.2 cm³/mol.